The standard InChI is InChI=1S/C38H40F2N4O4/c1-4-13-44(14-5-2)36(45)28-20-27(35-42-12-15-47-35)21-29(22-28)37(46)48-34(33(41)19-26-17-31(39)23-32(40)18-26)24-43-38(10-11-38)30-9-7-8-25(6-3)16-30/h3,7-9,12,15-18,20-23,33-34,43H,4-5,10-11,13-14,19,24,41H2,1-2H3/t33-,34+/m0/s1. The summed E-state index contributed by atoms with van der Waals surface area (Å²) in [5.74, 6) is 0.500. The molecule has 0 unspecified atom stereocenters. The van der Waals surface area contributed by atoms with Gasteiger partial charge in [-0.15, -0.1) is 6.42 Å². The van der Waals surface area contributed by atoms with Crippen molar-refractivity contribution in [2.24, 2.45) is 5.73 Å². The Morgan fingerprint density at radius 2 is 1.77 bits per heavy atom. The van der Waals surface area contributed by atoms with E-state index in [0.29, 0.717) is 29.8 Å². The van der Waals surface area contributed by atoms with Crippen molar-refractivity contribution < 1.29 is 27.5 Å². The van der Waals surface area contributed by atoms with E-state index in [9.17, 15) is 18.4 Å². The lowest BCUT2D eigenvalue weighted by Crippen LogP contribution is -2.48. The van der Waals surface area contributed by atoms with Crippen LogP contribution in [0, 0.1) is 24.0 Å². The predicted octanol–water partition coefficient (Wildman–Crippen LogP) is 6.24. The van der Waals surface area contributed by atoms with Crippen LogP contribution in [0.15, 0.2) is 77.5 Å². The van der Waals surface area contributed by atoms with Crippen LogP contribution in [0.5, 0.6) is 0 Å². The molecule has 5 rings (SSSR count). The molecule has 0 spiro atoms. The number of hydrogen-bond acceptors (Lipinski definition) is 7. The number of terminal acetylenes is 1. The SMILES string of the molecule is C#Cc1cccc(C2(NC[C@@H](OC(=O)c3cc(C(=O)N(CCC)CCC)cc(-c4ncco4)c3)[C@@H](N)Cc3cc(F)cc(F)c3)CC2)c1. The van der Waals surface area contributed by atoms with E-state index in [0.717, 1.165) is 42.9 Å². The quantitative estimate of drug-likeness (QED) is 0.115. The fourth-order valence-electron chi connectivity index (χ4n) is 5.91. The van der Waals surface area contributed by atoms with E-state index >= 15 is 0 Å². The van der Waals surface area contributed by atoms with Gasteiger partial charge in [-0.05, 0) is 85.7 Å². The first-order chi connectivity index (χ1) is 23.1. The highest BCUT2D eigenvalue weighted by atomic mass is 19.1. The van der Waals surface area contributed by atoms with E-state index in [1.54, 1.807) is 17.0 Å². The summed E-state index contributed by atoms with van der Waals surface area (Å²) in [5, 5.41) is 3.53. The van der Waals surface area contributed by atoms with Crippen molar-refractivity contribution in [1.29, 1.82) is 0 Å². The van der Waals surface area contributed by atoms with Crippen molar-refractivity contribution in [3.05, 3.63) is 113 Å². The maximum Gasteiger partial charge on any atom is 0.338 e. The molecule has 2 atom stereocenters. The number of ether oxygens (including phenoxy) is 1. The van der Waals surface area contributed by atoms with Gasteiger partial charge in [0.1, 0.15) is 24.0 Å². The highest BCUT2D eigenvalue weighted by Gasteiger charge is 2.44. The average molecular weight is 655 g/mol. The normalized spacial score (nSPS) is 14.5. The molecule has 8 nitrogen and oxygen atoms in total. The second-order valence-electron chi connectivity index (χ2n) is 12.2. The van der Waals surface area contributed by atoms with Gasteiger partial charge in [0.15, 0.2) is 0 Å². The van der Waals surface area contributed by atoms with Crippen molar-refractivity contribution in [1.82, 2.24) is 15.2 Å². The number of nitrogens with one attached hydrogen (secondary N) is 1. The highest BCUT2D eigenvalue weighted by molar-refractivity contribution is 5.99. The Morgan fingerprint density at radius 1 is 1.06 bits per heavy atom. The molecule has 0 saturated heterocycles. The van der Waals surface area contributed by atoms with Gasteiger partial charge in [-0.25, -0.2) is 18.6 Å². The Hall–Kier alpha value is -4.85. The molecule has 1 heterocycles. The van der Waals surface area contributed by atoms with Crippen LogP contribution in [0.4, 0.5) is 8.78 Å². The second kappa shape index (κ2) is 15.4. The second-order valence-corrected chi connectivity index (χ2v) is 12.2. The number of amides is 1. The number of halogens is 2. The number of hydrogen-bond donors (Lipinski definition) is 2. The summed E-state index contributed by atoms with van der Waals surface area (Å²) in [6.45, 7) is 5.26. The van der Waals surface area contributed by atoms with E-state index in [2.05, 4.69) is 16.2 Å². The van der Waals surface area contributed by atoms with Gasteiger partial charge in [0.05, 0.1) is 11.8 Å². The van der Waals surface area contributed by atoms with Gasteiger partial charge in [-0.2, -0.15) is 0 Å². The monoisotopic (exact) mass is 654 g/mol. The Kier molecular flexibility index (Phi) is 11.0. The predicted molar refractivity (Wildman–Crippen MR) is 179 cm³/mol. The molecule has 0 radical (unpaired) electrons. The minimum absolute atomic E-state index is 0.0387. The van der Waals surface area contributed by atoms with E-state index in [1.807, 2.05) is 38.1 Å². The summed E-state index contributed by atoms with van der Waals surface area (Å²) in [5.41, 5.74) is 9.17. The molecule has 48 heavy (non-hydrogen) atoms. The zero-order chi connectivity index (χ0) is 34.3. The van der Waals surface area contributed by atoms with Gasteiger partial charge in [-0.3, -0.25) is 4.79 Å². The first kappa shape index (κ1) is 34.5. The Balaban J connectivity index is 1.44. The third-order valence-electron chi connectivity index (χ3n) is 8.47. The van der Waals surface area contributed by atoms with Crippen molar-refractivity contribution in [2.75, 3.05) is 19.6 Å². The average Bonchev–Trinajstić information content (AvgIpc) is 3.67. The minimum atomic E-state index is -0.918. The smallest absolute Gasteiger partial charge is 0.338 e. The Morgan fingerprint density at radius 3 is 2.40 bits per heavy atom. The molecule has 1 aromatic heterocycles. The number of oxazole rings is 1. The van der Waals surface area contributed by atoms with Crippen molar-refractivity contribution in [3.63, 3.8) is 0 Å². The van der Waals surface area contributed by atoms with Gasteiger partial charge in [0.2, 0.25) is 5.89 Å². The molecule has 1 fully saturated rings. The zero-order valence-electron chi connectivity index (χ0n) is 27.2. The van der Waals surface area contributed by atoms with E-state index < -0.39 is 29.7 Å². The molecule has 1 saturated carbocycles. The Labute approximate surface area is 279 Å². The number of carbonyl (C=O) groups is 2. The van der Waals surface area contributed by atoms with Gasteiger partial charge in [-0.1, -0.05) is 31.9 Å². The first-order valence-corrected chi connectivity index (χ1v) is 16.2. The minimum Gasteiger partial charge on any atom is -0.456 e. The van der Waals surface area contributed by atoms with Gasteiger partial charge >= 0.3 is 5.97 Å². The summed E-state index contributed by atoms with van der Waals surface area (Å²) in [7, 11) is 0. The molecule has 3 aromatic carbocycles. The van der Waals surface area contributed by atoms with Crippen molar-refractivity contribution >= 4 is 11.9 Å². The van der Waals surface area contributed by atoms with Gasteiger partial charge in [0.25, 0.3) is 5.91 Å². The summed E-state index contributed by atoms with van der Waals surface area (Å²) in [6.07, 6.45) is 10.9. The van der Waals surface area contributed by atoms with Crippen LogP contribution < -0.4 is 11.1 Å². The van der Waals surface area contributed by atoms with Crippen LogP contribution in [-0.4, -0.2) is 53.5 Å². The molecule has 250 valence electrons. The van der Waals surface area contributed by atoms with Crippen molar-refractivity contribution in [2.45, 2.75) is 63.6 Å². The number of nitrogens with zero attached hydrogens (tertiary/aromatic N) is 2. The number of nitrogens with two attached hydrogens (primary N) is 1. The fourth-order valence-corrected chi connectivity index (χ4v) is 5.91. The molecular formula is C38H40F2N4O4. The number of rotatable bonds is 15. The topological polar surface area (TPSA) is 111 Å². The first-order valence-electron chi connectivity index (χ1n) is 16.2. The number of benzene rings is 3. The number of carbonyl (C=O) groups excluding carboxylic acids is 2. The lowest BCUT2D eigenvalue weighted by Gasteiger charge is -2.28. The largest absolute Gasteiger partial charge is 0.456 e. The lowest BCUT2D eigenvalue weighted by atomic mass is 9.99. The van der Waals surface area contributed by atoms with E-state index in [4.69, 9.17) is 21.3 Å². The van der Waals surface area contributed by atoms with E-state index in [1.165, 1.54) is 30.7 Å². The van der Waals surface area contributed by atoms with Gasteiger partial charge in [0, 0.05) is 54.0 Å². The van der Waals surface area contributed by atoms with Gasteiger partial charge < -0.3 is 25.1 Å². The number of aromatic nitrogens is 1. The molecule has 1 aliphatic carbocycles. The maximum absolute atomic E-state index is 14.0. The maximum atomic E-state index is 14.0. The highest BCUT2D eigenvalue weighted by Crippen LogP contribution is 2.45. The molecule has 1 amide bonds. The van der Waals surface area contributed by atoms with Crippen LogP contribution in [0.3, 0.4) is 0 Å². The summed E-state index contributed by atoms with van der Waals surface area (Å²) in [6, 6.07) is 14.8. The Bertz CT molecular complexity index is 1760. The van der Waals surface area contributed by atoms with Crippen LogP contribution in [0.1, 0.15) is 76.9 Å². The van der Waals surface area contributed by atoms with E-state index in [-0.39, 0.29) is 35.9 Å². The molecular weight excluding hydrogens is 614 g/mol. The lowest BCUT2D eigenvalue weighted by molar-refractivity contribution is 0.0228. The summed E-state index contributed by atoms with van der Waals surface area (Å²) >= 11 is 0. The molecule has 1 aliphatic rings. The number of esters is 1. The molecule has 10 heteroatoms. The third kappa shape index (κ3) is 8.35. The zero-order valence-corrected chi connectivity index (χ0v) is 27.2. The fraction of sp³-hybridized carbons (Fsp3) is 0.342. The summed E-state index contributed by atoms with van der Waals surface area (Å²) < 4.78 is 39.7. The molecule has 0 bridgehead atoms. The molecule has 4 aromatic rings. The third-order valence-corrected chi connectivity index (χ3v) is 8.47. The molecule has 3 N–H and O–H groups in total. The van der Waals surface area contributed by atoms with Crippen LogP contribution in [0.25, 0.3) is 11.5 Å². The summed E-state index contributed by atoms with van der Waals surface area (Å²) in [4.78, 5) is 33.5. The molecule has 0 aliphatic heterocycles. The van der Waals surface area contributed by atoms with Crippen LogP contribution >= 0.6 is 0 Å². The van der Waals surface area contributed by atoms with Crippen LogP contribution in [-0.2, 0) is 16.7 Å². The van der Waals surface area contributed by atoms with Crippen molar-refractivity contribution in [3.8, 4) is 23.8 Å². The van der Waals surface area contributed by atoms with Crippen LogP contribution in [0.2, 0.25) is 0 Å².